The van der Waals surface area contributed by atoms with E-state index in [-0.39, 0.29) is 11.0 Å². The molecule has 1 aliphatic heterocycles. The topological polar surface area (TPSA) is 9.23 Å². The molecule has 0 saturated carbocycles. The van der Waals surface area contributed by atoms with Gasteiger partial charge in [0.1, 0.15) is 11.4 Å². The first-order valence-corrected chi connectivity index (χ1v) is 5.63. The highest BCUT2D eigenvalue weighted by Crippen LogP contribution is 2.49. The molecule has 0 spiro atoms. The first-order chi connectivity index (χ1) is 6.34. The van der Waals surface area contributed by atoms with Gasteiger partial charge in [0.05, 0.1) is 0 Å². The molecule has 0 atom stereocenters. The molecule has 14 heavy (non-hydrogen) atoms. The smallest absolute Gasteiger partial charge is 0.125 e. The molecule has 0 aliphatic carbocycles. The van der Waals surface area contributed by atoms with E-state index in [4.69, 9.17) is 4.74 Å². The highest BCUT2D eigenvalue weighted by molar-refractivity contribution is 9.10. The van der Waals surface area contributed by atoms with Crippen molar-refractivity contribution in [3.8, 4) is 5.75 Å². The van der Waals surface area contributed by atoms with Crippen LogP contribution in [0.1, 0.15) is 33.3 Å². The molecule has 1 aliphatic rings. The molecule has 0 amide bonds. The van der Waals surface area contributed by atoms with E-state index in [0.29, 0.717) is 0 Å². The molecule has 0 saturated heterocycles. The van der Waals surface area contributed by atoms with Crippen LogP contribution in [-0.2, 0) is 5.41 Å². The van der Waals surface area contributed by atoms with Gasteiger partial charge in [0.2, 0.25) is 0 Å². The quantitative estimate of drug-likeness (QED) is 0.683. The Morgan fingerprint density at radius 1 is 1.14 bits per heavy atom. The average Bonchev–Trinajstić information content (AvgIpc) is 2.18. The lowest BCUT2D eigenvalue weighted by Gasteiger charge is -2.33. The van der Waals surface area contributed by atoms with Gasteiger partial charge in [-0.15, -0.1) is 0 Å². The highest BCUT2D eigenvalue weighted by atomic mass is 79.9. The second kappa shape index (κ2) is 2.75. The van der Waals surface area contributed by atoms with Crippen LogP contribution in [-0.4, -0.2) is 5.60 Å². The summed E-state index contributed by atoms with van der Waals surface area (Å²) in [5.74, 6) is 1.01. The van der Waals surface area contributed by atoms with Crippen LogP contribution in [0.2, 0.25) is 0 Å². The predicted molar refractivity (Wildman–Crippen MR) is 61.9 cm³/mol. The Labute approximate surface area is 93.6 Å². The Morgan fingerprint density at radius 2 is 1.79 bits per heavy atom. The van der Waals surface area contributed by atoms with Gasteiger partial charge in [0.15, 0.2) is 0 Å². The summed E-state index contributed by atoms with van der Waals surface area (Å²) in [5, 5.41) is 0. The van der Waals surface area contributed by atoms with E-state index >= 15 is 0 Å². The summed E-state index contributed by atoms with van der Waals surface area (Å²) in [6.45, 7) is 8.74. The van der Waals surface area contributed by atoms with Gasteiger partial charge in [0.25, 0.3) is 0 Å². The Hall–Kier alpha value is -0.500. The van der Waals surface area contributed by atoms with Gasteiger partial charge < -0.3 is 4.74 Å². The van der Waals surface area contributed by atoms with Crippen molar-refractivity contribution in [3.63, 3.8) is 0 Å². The first-order valence-electron chi connectivity index (χ1n) is 4.84. The molecule has 1 aromatic carbocycles. The van der Waals surface area contributed by atoms with Crippen molar-refractivity contribution in [2.45, 2.75) is 38.7 Å². The van der Waals surface area contributed by atoms with Crippen molar-refractivity contribution in [1.29, 1.82) is 0 Å². The standard InChI is InChI=1S/C12H15BrO/c1-11(2)9-6-5-8(13)7-10(9)14-12(11,3)4/h5-7H,1-4H3. The Balaban J connectivity index is 2.60. The minimum absolute atomic E-state index is 0.0725. The monoisotopic (exact) mass is 254 g/mol. The maximum Gasteiger partial charge on any atom is 0.125 e. The van der Waals surface area contributed by atoms with Crippen molar-refractivity contribution < 1.29 is 4.74 Å². The maximum atomic E-state index is 5.96. The summed E-state index contributed by atoms with van der Waals surface area (Å²) in [6.07, 6.45) is 0. The molecule has 0 unspecified atom stereocenters. The summed E-state index contributed by atoms with van der Waals surface area (Å²) in [7, 11) is 0. The summed E-state index contributed by atoms with van der Waals surface area (Å²) in [5.41, 5.74) is 1.24. The molecular formula is C12H15BrO. The van der Waals surface area contributed by atoms with Gasteiger partial charge in [-0.1, -0.05) is 35.8 Å². The molecule has 0 N–H and O–H groups in total. The van der Waals surface area contributed by atoms with E-state index in [1.807, 2.05) is 6.07 Å². The van der Waals surface area contributed by atoms with E-state index < -0.39 is 0 Å². The molecule has 0 aromatic heterocycles. The van der Waals surface area contributed by atoms with Crippen LogP contribution in [0.5, 0.6) is 5.75 Å². The zero-order valence-corrected chi connectivity index (χ0v) is 10.6. The van der Waals surface area contributed by atoms with Crippen LogP contribution < -0.4 is 4.74 Å². The highest BCUT2D eigenvalue weighted by Gasteiger charge is 2.47. The van der Waals surface area contributed by atoms with Gasteiger partial charge in [-0.05, 0) is 26.0 Å². The third-order valence-corrected chi connectivity index (χ3v) is 3.98. The van der Waals surface area contributed by atoms with Crippen LogP contribution >= 0.6 is 15.9 Å². The fourth-order valence-corrected chi connectivity index (χ4v) is 2.16. The van der Waals surface area contributed by atoms with Crippen LogP contribution in [0.25, 0.3) is 0 Å². The number of fused-ring (bicyclic) bond motifs is 1. The van der Waals surface area contributed by atoms with Crippen molar-refractivity contribution in [2.75, 3.05) is 0 Å². The zero-order valence-electron chi connectivity index (χ0n) is 9.02. The van der Waals surface area contributed by atoms with E-state index in [1.165, 1.54) is 5.56 Å². The fourth-order valence-electron chi connectivity index (χ4n) is 1.82. The average molecular weight is 255 g/mol. The summed E-state index contributed by atoms with van der Waals surface area (Å²) < 4.78 is 7.03. The lowest BCUT2D eigenvalue weighted by Crippen LogP contribution is -2.41. The normalized spacial score (nSPS) is 21.5. The molecule has 0 fully saturated rings. The minimum Gasteiger partial charge on any atom is -0.487 e. The summed E-state index contributed by atoms with van der Waals surface area (Å²) in [4.78, 5) is 0. The van der Waals surface area contributed by atoms with Crippen LogP contribution in [0.4, 0.5) is 0 Å². The molecule has 0 radical (unpaired) electrons. The molecule has 2 heteroatoms. The number of rotatable bonds is 0. The van der Waals surface area contributed by atoms with Crippen LogP contribution in [0, 0.1) is 0 Å². The molecule has 1 aromatic rings. The van der Waals surface area contributed by atoms with E-state index in [1.54, 1.807) is 0 Å². The minimum atomic E-state index is -0.129. The number of ether oxygens (including phenoxy) is 1. The molecule has 0 bridgehead atoms. The largest absolute Gasteiger partial charge is 0.487 e. The zero-order chi connectivity index (χ0) is 10.6. The Kier molecular flexibility index (Phi) is 1.97. The van der Waals surface area contributed by atoms with Gasteiger partial charge >= 0.3 is 0 Å². The Morgan fingerprint density at radius 3 is 2.43 bits per heavy atom. The van der Waals surface area contributed by atoms with E-state index in [0.717, 1.165) is 10.2 Å². The van der Waals surface area contributed by atoms with E-state index in [9.17, 15) is 0 Å². The number of halogens is 1. The maximum absolute atomic E-state index is 5.96. The van der Waals surface area contributed by atoms with Gasteiger partial charge in [0, 0.05) is 15.5 Å². The van der Waals surface area contributed by atoms with Crippen molar-refractivity contribution >= 4 is 15.9 Å². The number of benzene rings is 1. The third kappa shape index (κ3) is 1.20. The lowest BCUT2D eigenvalue weighted by atomic mass is 9.74. The molecule has 76 valence electrons. The van der Waals surface area contributed by atoms with Crippen molar-refractivity contribution in [2.24, 2.45) is 0 Å². The fraction of sp³-hybridized carbons (Fsp3) is 0.500. The second-order valence-corrected chi connectivity index (χ2v) is 5.79. The summed E-state index contributed by atoms with van der Waals surface area (Å²) >= 11 is 3.46. The molecule has 1 nitrogen and oxygen atoms in total. The number of hydrogen-bond donors (Lipinski definition) is 0. The van der Waals surface area contributed by atoms with Crippen molar-refractivity contribution in [1.82, 2.24) is 0 Å². The van der Waals surface area contributed by atoms with Gasteiger partial charge in [-0.2, -0.15) is 0 Å². The van der Waals surface area contributed by atoms with Gasteiger partial charge in [-0.25, -0.2) is 0 Å². The van der Waals surface area contributed by atoms with E-state index in [2.05, 4.69) is 55.8 Å². The predicted octanol–water partition coefficient (Wildman–Crippen LogP) is 3.90. The Bertz CT molecular complexity index is 380. The van der Waals surface area contributed by atoms with Crippen molar-refractivity contribution in [3.05, 3.63) is 28.2 Å². The third-order valence-electron chi connectivity index (χ3n) is 3.49. The molecule has 1 heterocycles. The van der Waals surface area contributed by atoms with Crippen LogP contribution in [0.3, 0.4) is 0 Å². The van der Waals surface area contributed by atoms with Crippen LogP contribution in [0.15, 0.2) is 22.7 Å². The summed E-state index contributed by atoms with van der Waals surface area (Å²) in [6, 6.07) is 6.27. The first kappa shape index (κ1) is 10.0. The lowest BCUT2D eigenvalue weighted by molar-refractivity contribution is 0.0712. The molecule has 2 rings (SSSR count). The second-order valence-electron chi connectivity index (χ2n) is 4.88. The SMILES string of the molecule is CC1(C)Oc2cc(Br)ccc2C1(C)C. The molecular weight excluding hydrogens is 240 g/mol. The number of hydrogen-bond acceptors (Lipinski definition) is 1. The van der Waals surface area contributed by atoms with Gasteiger partial charge in [-0.3, -0.25) is 0 Å².